The van der Waals surface area contributed by atoms with Crippen molar-refractivity contribution in [1.82, 2.24) is 5.32 Å². The molecule has 4 heteroatoms. The van der Waals surface area contributed by atoms with E-state index in [1.165, 1.54) is 12.8 Å². The first kappa shape index (κ1) is 15.1. The third-order valence-corrected chi connectivity index (χ3v) is 4.85. The van der Waals surface area contributed by atoms with Gasteiger partial charge in [-0.2, -0.15) is 0 Å². The van der Waals surface area contributed by atoms with Gasteiger partial charge in [-0.3, -0.25) is 9.59 Å². The third kappa shape index (κ3) is 3.01. The predicted molar refractivity (Wildman–Crippen MR) is 86.8 cm³/mol. The molecule has 2 aliphatic rings. The van der Waals surface area contributed by atoms with Crippen molar-refractivity contribution in [3.05, 3.63) is 29.3 Å². The molecule has 3 rings (SSSR count). The predicted octanol–water partition coefficient (Wildman–Crippen LogP) is 2.72. The number of carbonyl (C=O) groups excluding carboxylic acids is 2. The molecule has 1 saturated carbocycles. The van der Waals surface area contributed by atoms with Gasteiger partial charge in [0.1, 0.15) is 0 Å². The monoisotopic (exact) mass is 300 g/mol. The summed E-state index contributed by atoms with van der Waals surface area (Å²) in [5.74, 6) is -0.110. The molecule has 0 radical (unpaired) electrons. The molecule has 1 aliphatic carbocycles. The Morgan fingerprint density at radius 3 is 2.68 bits per heavy atom. The average Bonchev–Trinajstić information content (AvgIpc) is 3.11. The fourth-order valence-corrected chi connectivity index (χ4v) is 3.52. The van der Waals surface area contributed by atoms with Crippen LogP contribution in [0.4, 0.5) is 5.69 Å². The van der Waals surface area contributed by atoms with E-state index >= 15 is 0 Å². The van der Waals surface area contributed by atoms with Crippen LogP contribution < -0.4 is 10.2 Å². The number of rotatable bonds is 3. The highest BCUT2D eigenvalue weighted by atomic mass is 16.2. The molecule has 1 heterocycles. The van der Waals surface area contributed by atoms with Crippen molar-refractivity contribution in [3.63, 3.8) is 0 Å². The minimum atomic E-state index is -0.215. The van der Waals surface area contributed by atoms with E-state index in [0.29, 0.717) is 19.0 Å². The van der Waals surface area contributed by atoms with E-state index in [1.54, 1.807) is 4.90 Å². The fraction of sp³-hybridized carbons (Fsp3) is 0.556. The first-order valence-electron chi connectivity index (χ1n) is 8.22. The molecular formula is C18H24N2O2. The second kappa shape index (κ2) is 6.11. The molecule has 0 bridgehead atoms. The van der Waals surface area contributed by atoms with Gasteiger partial charge < -0.3 is 10.2 Å². The molecule has 1 aliphatic heterocycles. The number of carbonyl (C=O) groups is 2. The van der Waals surface area contributed by atoms with Crippen molar-refractivity contribution in [2.24, 2.45) is 5.92 Å². The van der Waals surface area contributed by atoms with Gasteiger partial charge in [-0.05, 0) is 43.9 Å². The molecule has 1 unspecified atom stereocenters. The topological polar surface area (TPSA) is 49.4 Å². The minimum Gasteiger partial charge on any atom is -0.353 e. The summed E-state index contributed by atoms with van der Waals surface area (Å²) in [4.78, 5) is 26.5. The van der Waals surface area contributed by atoms with Crippen LogP contribution in [0, 0.1) is 19.8 Å². The summed E-state index contributed by atoms with van der Waals surface area (Å²) < 4.78 is 0. The number of nitrogens with one attached hydrogen (secondary N) is 1. The van der Waals surface area contributed by atoms with Gasteiger partial charge in [0.05, 0.1) is 5.92 Å². The van der Waals surface area contributed by atoms with Gasteiger partial charge in [-0.15, -0.1) is 0 Å². The number of benzene rings is 1. The van der Waals surface area contributed by atoms with Crippen molar-refractivity contribution in [1.29, 1.82) is 0 Å². The summed E-state index contributed by atoms with van der Waals surface area (Å²) in [7, 11) is 0. The molecule has 1 N–H and O–H groups in total. The van der Waals surface area contributed by atoms with Gasteiger partial charge in [0.25, 0.3) is 0 Å². The van der Waals surface area contributed by atoms with Crippen molar-refractivity contribution < 1.29 is 9.59 Å². The Morgan fingerprint density at radius 2 is 1.95 bits per heavy atom. The molecule has 1 aromatic carbocycles. The zero-order chi connectivity index (χ0) is 15.7. The van der Waals surface area contributed by atoms with E-state index in [-0.39, 0.29) is 17.7 Å². The lowest BCUT2D eigenvalue weighted by Gasteiger charge is -2.20. The van der Waals surface area contributed by atoms with E-state index in [0.717, 1.165) is 29.7 Å². The lowest BCUT2D eigenvalue weighted by Crippen LogP contribution is -2.38. The summed E-state index contributed by atoms with van der Waals surface area (Å²) in [6, 6.07) is 6.43. The van der Waals surface area contributed by atoms with Gasteiger partial charge in [-0.25, -0.2) is 0 Å². The van der Waals surface area contributed by atoms with E-state index in [2.05, 4.69) is 5.32 Å². The van der Waals surface area contributed by atoms with E-state index in [4.69, 9.17) is 0 Å². The number of amides is 2. The fourth-order valence-electron chi connectivity index (χ4n) is 3.52. The van der Waals surface area contributed by atoms with Crippen LogP contribution in [0.1, 0.15) is 43.2 Å². The molecule has 4 nitrogen and oxygen atoms in total. The molecular weight excluding hydrogens is 276 g/mol. The largest absolute Gasteiger partial charge is 0.353 e. The van der Waals surface area contributed by atoms with Crippen LogP contribution in [-0.4, -0.2) is 24.4 Å². The summed E-state index contributed by atoms with van der Waals surface area (Å²) in [6.45, 7) is 4.53. The standard InChI is InChI=1S/C18H24N2O2/c1-12-7-8-13(2)16(9-12)20-11-14(10-17(20)21)18(22)19-15-5-3-4-6-15/h7-9,14-15H,3-6,10-11H2,1-2H3,(H,19,22). The Morgan fingerprint density at radius 1 is 1.23 bits per heavy atom. The van der Waals surface area contributed by atoms with Gasteiger partial charge in [0.15, 0.2) is 0 Å². The molecule has 1 atom stereocenters. The van der Waals surface area contributed by atoms with Crippen LogP contribution in [0.2, 0.25) is 0 Å². The number of hydrogen-bond acceptors (Lipinski definition) is 2. The van der Waals surface area contributed by atoms with Crippen molar-refractivity contribution >= 4 is 17.5 Å². The van der Waals surface area contributed by atoms with Gasteiger partial charge >= 0.3 is 0 Å². The zero-order valence-electron chi connectivity index (χ0n) is 13.4. The molecule has 2 fully saturated rings. The Balaban J connectivity index is 1.70. The Hall–Kier alpha value is -1.84. The lowest BCUT2D eigenvalue weighted by molar-refractivity contribution is -0.126. The number of hydrogen-bond donors (Lipinski definition) is 1. The number of aryl methyl sites for hydroxylation is 2. The van der Waals surface area contributed by atoms with Gasteiger partial charge in [0, 0.05) is 24.7 Å². The Labute approximate surface area is 131 Å². The average molecular weight is 300 g/mol. The lowest BCUT2D eigenvalue weighted by atomic mass is 10.1. The molecule has 118 valence electrons. The minimum absolute atomic E-state index is 0.0491. The highest BCUT2D eigenvalue weighted by Gasteiger charge is 2.36. The molecule has 2 amide bonds. The summed E-state index contributed by atoms with van der Waals surface area (Å²) in [5.41, 5.74) is 3.16. The Kier molecular flexibility index (Phi) is 4.19. The van der Waals surface area contributed by atoms with Crippen molar-refractivity contribution in [3.8, 4) is 0 Å². The van der Waals surface area contributed by atoms with Crippen molar-refractivity contribution in [2.75, 3.05) is 11.4 Å². The molecule has 0 spiro atoms. The van der Waals surface area contributed by atoms with Crippen LogP contribution in [-0.2, 0) is 9.59 Å². The van der Waals surface area contributed by atoms with Gasteiger partial charge in [0.2, 0.25) is 11.8 Å². The number of anilines is 1. The molecule has 1 saturated heterocycles. The van der Waals surface area contributed by atoms with E-state index in [9.17, 15) is 9.59 Å². The van der Waals surface area contributed by atoms with Crippen LogP contribution in [0.5, 0.6) is 0 Å². The maximum Gasteiger partial charge on any atom is 0.227 e. The Bertz CT molecular complexity index is 591. The first-order chi connectivity index (χ1) is 10.5. The molecule has 1 aromatic rings. The summed E-state index contributed by atoms with van der Waals surface area (Å²) in [6.07, 6.45) is 4.87. The van der Waals surface area contributed by atoms with E-state index in [1.807, 2.05) is 32.0 Å². The third-order valence-electron chi connectivity index (χ3n) is 4.85. The maximum absolute atomic E-state index is 12.4. The first-order valence-corrected chi connectivity index (χ1v) is 8.22. The molecule has 22 heavy (non-hydrogen) atoms. The normalized spacial score (nSPS) is 22.4. The van der Waals surface area contributed by atoms with Crippen LogP contribution >= 0.6 is 0 Å². The smallest absolute Gasteiger partial charge is 0.227 e. The van der Waals surface area contributed by atoms with Crippen molar-refractivity contribution in [2.45, 2.75) is 52.0 Å². The second-order valence-electron chi connectivity index (χ2n) is 6.69. The van der Waals surface area contributed by atoms with Crippen LogP contribution in [0.15, 0.2) is 18.2 Å². The second-order valence-corrected chi connectivity index (χ2v) is 6.69. The van der Waals surface area contributed by atoms with E-state index < -0.39 is 0 Å². The molecule has 0 aromatic heterocycles. The summed E-state index contributed by atoms with van der Waals surface area (Å²) >= 11 is 0. The highest BCUT2D eigenvalue weighted by molar-refractivity contribution is 6.00. The number of nitrogens with zero attached hydrogens (tertiary/aromatic N) is 1. The SMILES string of the molecule is Cc1ccc(C)c(N2CC(C(=O)NC3CCCC3)CC2=O)c1. The van der Waals surface area contributed by atoms with Crippen LogP contribution in [0.25, 0.3) is 0 Å². The maximum atomic E-state index is 12.4. The quantitative estimate of drug-likeness (QED) is 0.933. The highest BCUT2D eigenvalue weighted by Crippen LogP contribution is 2.29. The van der Waals surface area contributed by atoms with Crippen LogP contribution in [0.3, 0.4) is 0 Å². The zero-order valence-corrected chi connectivity index (χ0v) is 13.4. The summed E-state index contributed by atoms with van der Waals surface area (Å²) in [5, 5.41) is 3.12. The van der Waals surface area contributed by atoms with Gasteiger partial charge in [-0.1, -0.05) is 25.0 Å².